The van der Waals surface area contributed by atoms with Crippen LogP contribution >= 0.6 is 0 Å². The van der Waals surface area contributed by atoms with Crippen LogP contribution in [-0.2, 0) is 5.41 Å². The summed E-state index contributed by atoms with van der Waals surface area (Å²) in [6.07, 6.45) is -5.84. The summed E-state index contributed by atoms with van der Waals surface area (Å²) in [6.45, 7) is 0. The van der Waals surface area contributed by atoms with Crippen molar-refractivity contribution in [3.05, 3.63) is 83.9 Å². The van der Waals surface area contributed by atoms with Gasteiger partial charge in [0.05, 0.1) is 6.07 Å². The summed E-state index contributed by atoms with van der Waals surface area (Å²) in [5, 5.41) is 11.1. The van der Waals surface area contributed by atoms with Crippen LogP contribution in [0.3, 0.4) is 0 Å². The number of carbonyl (C=O) groups is 1. The van der Waals surface area contributed by atoms with Crippen LogP contribution in [0.15, 0.2) is 72.8 Å². The largest absolute Gasteiger partial charge is 0.411 e. The highest BCUT2D eigenvalue weighted by Gasteiger charge is 2.57. The molecule has 26 heavy (non-hydrogen) atoms. The number of ketones is 1. The summed E-state index contributed by atoms with van der Waals surface area (Å²) >= 11 is 0. The van der Waals surface area contributed by atoms with Crippen LogP contribution in [-0.4, -0.2) is 12.0 Å². The summed E-state index contributed by atoms with van der Waals surface area (Å²) < 4.78 is 41.4. The molecule has 0 saturated heterocycles. The number of nitrogens with zero attached hydrogens (tertiary/aromatic N) is 1. The van der Waals surface area contributed by atoms with Gasteiger partial charge in [-0.25, -0.2) is 0 Å². The van der Waals surface area contributed by atoms with Crippen molar-refractivity contribution in [3.8, 4) is 6.07 Å². The zero-order chi connectivity index (χ0) is 18.8. The molecule has 0 aromatic heterocycles. The maximum Gasteiger partial charge on any atom is 0.411 e. The summed E-state index contributed by atoms with van der Waals surface area (Å²) in [5.74, 6) is -0.724. The fourth-order valence-electron chi connectivity index (χ4n) is 2.96. The van der Waals surface area contributed by atoms with Gasteiger partial charge < -0.3 is 0 Å². The molecule has 0 aliphatic heterocycles. The zero-order valence-corrected chi connectivity index (χ0v) is 13.6. The van der Waals surface area contributed by atoms with Gasteiger partial charge in [0, 0.05) is 12.0 Å². The molecule has 0 bridgehead atoms. The molecule has 0 amide bonds. The van der Waals surface area contributed by atoms with Gasteiger partial charge in [0.2, 0.25) is 0 Å². The van der Waals surface area contributed by atoms with Crippen LogP contribution in [0.1, 0.15) is 22.3 Å². The van der Waals surface area contributed by atoms with Crippen LogP contribution in [0, 0.1) is 11.3 Å². The fourth-order valence-corrected chi connectivity index (χ4v) is 2.96. The third kappa shape index (κ3) is 3.06. The van der Waals surface area contributed by atoms with E-state index in [1.54, 1.807) is 30.3 Å². The van der Waals surface area contributed by atoms with Crippen LogP contribution in [0.25, 0.3) is 10.8 Å². The molecule has 0 aliphatic carbocycles. The molecule has 3 rings (SSSR count). The predicted octanol–water partition coefficient (Wildman–Crippen LogP) is 5.44. The van der Waals surface area contributed by atoms with Gasteiger partial charge in [-0.1, -0.05) is 66.7 Å². The number of benzene rings is 3. The van der Waals surface area contributed by atoms with Crippen molar-refractivity contribution < 1.29 is 18.0 Å². The quantitative estimate of drug-likeness (QED) is 0.586. The van der Waals surface area contributed by atoms with E-state index >= 15 is 0 Å². The van der Waals surface area contributed by atoms with E-state index in [-0.39, 0.29) is 11.1 Å². The molecular formula is C21H14F3NO. The molecule has 5 heteroatoms. The summed E-state index contributed by atoms with van der Waals surface area (Å²) in [4.78, 5) is 12.6. The monoisotopic (exact) mass is 353 g/mol. The summed E-state index contributed by atoms with van der Waals surface area (Å²) in [6, 6.07) is 20.2. The number of rotatable bonds is 4. The molecule has 2 nitrogen and oxygen atoms in total. The van der Waals surface area contributed by atoms with Gasteiger partial charge in [-0.3, -0.25) is 4.79 Å². The van der Waals surface area contributed by atoms with E-state index in [1.165, 1.54) is 36.4 Å². The van der Waals surface area contributed by atoms with E-state index < -0.39 is 23.8 Å². The van der Waals surface area contributed by atoms with E-state index in [0.717, 1.165) is 10.8 Å². The van der Waals surface area contributed by atoms with Crippen molar-refractivity contribution in [2.45, 2.75) is 18.0 Å². The van der Waals surface area contributed by atoms with Gasteiger partial charge in [-0.2, -0.15) is 18.4 Å². The molecule has 130 valence electrons. The number of halogens is 3. The molecular weight excluding hydrogens is 339 g/mol. The number of carbonyl (C=O) groups excluding carboxylic acids is 1. The van der Waals surface area contributed by atoms with Crippen LogP contribution in [0.5, 0.6) is 0 Å². The van der Waals surface area contributed by atoms with Crippen LogP contribution < -0.4 is 0 Å². The Morgan fingerprint density at radius 3 is 2.12 bits per heavy atom. The SMILES string of the molecule is N#C[C@@](CC(=O)c1ccc2ccccc2c1)(c1ccccc1)C(F)(F)F. The lowest BCUT2D eigenvalue weighted by atomic mass is 9.76. The third-order valence-electron chi connectivity index (χ3n) is 4.44. The lowest BCUT2D eigenvalue weighted by Crippen LogP contribution is -2.43. The topological polar surface area (TPSA) is 40.9 Å². The minimum atomic E-state index is -4.88. The molecule has 0 N–H and O–H groups in total. The Hall–Kier alpha value is -3.13. The lowest BCUT2D eigenvalue weighted by Gasteiger charge is -2.29. The van der Waals surface area contributed by atoms with Crippen molar-refractivity contribution in [3.63, 3.8) is 0 Å². The lowest BCUT2D eigenvalue weighted by molar-refractivity contribution is -0.172. The first kappa shape index (κ1) is 17.7. The Bertz CT molecular complexity index is 989. The molecule has 0 saturated carbocycles. The number of fused-ring (bicyclic) bond motifs is 1. The normalized spacial score (nSPS) is 13.8. The maximum absolute atomic E-state index is 13.8. The highest BCUT2D eigenvalue weighted by molar-refractivity contribution is 6.00. The number of Topliss-reactive ketones (excluding diaryl/α,β-unsaturated/α-hetero) is 1. The van der Waals surface area contributed by atoms with Crippen molar-refractivity contribution in [2.24, 2.45) is 0 Å². The Labute approximate surface area is 148 Å². The van der Waals surface area contributed by atoms with Gasteiger partial charge in [0.15, 0.2) is 11.2 Å². The molecule has 3 aromatic carbocycles. The van der Waals surface area contributed by atoms with Gasteiger partial charge in [0.1, 0.15) is 0 Å². The number of nitriles is 1. The Kier molecular flexibility index (Phi) is 4.52. The van der Waals surface area contributed by atoms with Gasteiger partial charge in [0.25, 0.3) is 0 Å². The van der Waals surface area contributed by atoms with E-state index in [4.69, 9.17) is 0 Å². The first-order valence-corrected chi connectivity index (χ1v) is 7.93. The first-order valence-electron chi connectivity index (χ1n) is 7.93. The molecule has 0 fully saturated rings. The number of hydrogen-bond donors (Lipinski definition) is 0. The highest BCUT2D eigenvalue weighted by atomic mass is 19.4. The van der Waals surface area contributed by atoms with Crippen molar-refractivity contribution in [1.29, 1.82) is 5.26 Å². The van der Waals surface area contributed by atoms with Crippen LogP contribution in [0.2, 0.25) is 0 Å². The summed E-state index contributed by atoms with van der Waals surface area (Å²) in [5.41, 5.74) is -2.95. The van der Waals surface area contributed by atoms with Gasteiger partial charge in [-0.05, 0) is 22.4 Å². The highest BCUT2D eigenvalue weighted by Crippen LogP contribution is 2.44. The number of hydrogen-bond acceptors (Lipinski definition) is 2. The Morgan fingerprint density at radius 1 is 0.885 bits per heavy atom. The van der Waals surface area contributed by atoms with Crippen LogP contribution in [0.4, 0.5) is 13.2 Å². The van der Waals surface area contributed by atoms with E-state index in [2.05, 4.69) is 0 Å². The first-order chi connectivity index (χ1) is 12.4. The molecule has 3 aromatic rings. The van der Waals surface area contributed by atoms with E-state index in [0.29, 0.717) is 0 Å². The Balaban J connectivity index is 2.03. The molecule has 0 spiro atoms. The van der Waals surface area contributed by atoms with Gasteiger partial charge in [-0.15, -0.1) is 0 Å². The minimum absolute atomic E-state index is 0.156. The molecule has 0 heterocycles. The second kappa shape index (κ2) is 6.64. The van der Waals surface area contributed by atoms with Crippen molar-refractivity contribution >= 4 is 16.6 Å². The number of alkyl halides is 3. The zero-order valence-electron chi connectivity index (χ0n) is 13.6. The van der Waals surface area contributed by atoms with Gasteiger partial charge >= 0.3 is 6.18 Å². The van der Waals surface area contributed by atoms with E-state index in [1.807, 2.05) is 12.1 Å². The maximum atomic E-state index is 13.8. The Morgan fingerprint density at radius 2 is 1.50 bits per heavy atom. The van der Waals surface area contributed by atoms with Crippen molar-refractivity contribution in [2.75, 3.05) is 0 Å². The second-order valence-electron chi connectivity index (χ2n) is 6.04. The van der Waals surface area contributed by atoms with E-state index in [9.17, 15) is 23.2 Å². The molecule has 0 radical (unpaired) electrons. The third-order valence-corrected chi connectivity index (χ3v) is 4.44. The second-order valence-corrected chi connectivity index (χ2v) is 6.04. The molecule has 0 aliphatic rings. The average molecular weight is 353 g/mol. The minimum Gasteiger partial charge on any atom is -0.294 e. The smallest absolute Gasteiger partial charge is 0.294 e. The summed E-state index contributed by atoms with van der Waals surface area (Å²) in [7, 11) is 0. The standard InChI is InChI=1S/C21H14F3NO/c22-21(23,24)20(14-25,18-8-2-1-3-9-18)13-19(26)17-11-10-15-6-4-5-7-16(15)12-17/h1-12H,13H2/t20-/m0/s1. The fraction of sp³-hybridized carbons (Fsp3) is 0.143. The van der Waals surface area contributed by atoms with Crippen molar-refractivity contribution in [1.82, 2.24) is 0 Å². The molecule has 1 atom stereocenters. The molecule has 0 unspecified atom stereocenters. The predicted molar refractivity (Wildman–Crippen MR) is 92.7 cm³/mol. The average Bonchev–Trinajstić information content (AvgIpc) is 2.65.